The zero-order valence-corrected chi connectivity index (χ0v) is 16.2. The van der Waals surface area contributed by atoms with Gasteiger partial charge in [-0.1, -0.05) is 54.6 Å². The number of carboxylic acid groups (broad SMARTS) is 1. The SMILES string of the molecule is O=C(O)NCc1cccc(CN2Cc3c(-c4ccccc4)ccnc3OCC2=O)c1. The average molecular weight is 403 g/mol. The number of ether oxygens (including phenoxy) is 1. The summed E-state index contributed by atoms with van der Waals surface area (Å²) in [4.78, 5) is 29.5. The highest BCUT2D eigenvalue weighted by Crippen LogP contribution is 2.32. The molecule has 1 aromatic heterocycles. The summed E-state index contributed by atoms with van der Waals surface area (Å²) < 4.78 is 5.70. The highest BCUT2D eigenvalue weighted by Gasteiger charge is 2.25. The van der Waals surface area contributed by atoms with Gasteiger partial charge >= 0.3 is 6.09 Å². The molecule has 0 saturated heterocycles. The Bertz CT molecular complexity index is 1070. The molecular formula is C23H21N3O4. The fraction of sp³-hybridized carbons (Fsp3) is 0.174. The van der Waals surface area contributed by atoms with E-state index in [4.69, 9.17) is 9.84 Å². The molecule has 4 rings (SSSR count). The van der Waals surface area contributed by atoms with Crippen molar-refractivity contribution in [1.82, 2.24) is 15.2 Å². The van der Waals surface area contributed by atoms with Crippen molar-refractivity contribution in [1.29, 1.82) is 0 Å². The van der Waals surface area contributed by atoms with E-state index in [0.29, 0.717) is 19.0 Å². The van der Waals surface area contributed by atoms with Crippen LogP contribution in [0.3, 0.4) is 0 Å². The van der Waals surface area contributed by atoms with E-state index in [9.17, 15) is 9.59 Å². The van der Waals surface area contributed by atoms with Gasteiger partial charge in [-0.05, 0) is 28.3 Å². The van der Waals surface area contributed by atoms with Gasteiger partial charge < -0.3 is 20.1 Å². The number of nitrogens with one attached hydrogen (secondary N) is 1. The van der Waals surface area contributed by atoms with Crippen molar-refractivity contribution < 1.29 is 19.4 Å². The van der Waals surface area contributed by atoms with Crippen LogP contribution in [0.15, 0.2) is 66.9 Å². The van der Waals surface area contributed by atoms with Crippen molar-refractivity contribution in [3.8, 4) is 17.0 Å². The van der Waals surface area contributed by atoms with E-state index < -0.39 is 6.09 Å². The maximum absolute atomic E-state index is 12.7. The molecule has 30 heavy (non-hydrogen) atoms. The largest absolute Gasteiger partial charge is 0.467 e. The summed E-state index contributed by atoms with van der Waals surface area (Å²) in [7, 11) is 0. The summed E-state index contributed by atoms with van der Waals surface area (Å²) >= 11 is 0. The minimum atomic E-state index is -1.07. The highest BCUT2D eigenvalue weighted by atomic mass is 16.5. The lowest BCUT2D eigenvalue weighted by Gasteiger charge is -2.21. The molecule has 0 unspecified atom stereocenters. The van der Waals surface area contributed by atoms with Crippen LogP contribution in [0.1, 0.15) is 16.7 Å². The summed E-state index contributed by atoms with van der Waals surface area (Å²) in [5.41, 5.74) is 4.65. The fourth-order valence-corrected chi connectivity index (χ4v) is 3.52. The summed E-state index contributed by atoms with van der Waals surface area (Å²) in [6.45, 7) is 0.916. The first kappa shape index (κ1) is 19.4. The van der Waals surface area contributed by atoms with Crippen molar-refractivity contribution in [2.75, 3.05) is 6.61 Å². The Kier molecular flexibility index (Phi) is 5.61. The molecule has 0 fully saturated rings. The number of pyridine rings is 1. The van der Waals surface area contributed by atoms with E-state index in [1.807, 2.05) is 60.7 Å². The molecule has 0 saturated carbocycles. The Labute approximate surface area is 173 Å². The predicted molar refractivity (Wildman–Crippen MR) is 111 cm³/mol. The van der Waals surface area contributed by atoms with Crippen LogP contribution in [-0.4, -0.2) is 33.6 Å². The Morgan fingerprint density at radius 3 is 2.70 bits per heavy atom. The number of amides is 2. The lowest BCUT2D eigenvalue weighted by molar-refractivity contribution is -0.133. The number of hydrogen-bond acceptors (Lipinski definition) is 4. The standard InChI is InChI=1S/C23H21N3O4/c27-21-15-30-22-20(19(9-10-24-22)18-7-2-1-3-8-18)14-26(21)13-17-6-4-5-16(11-17)12-25-23(28)29/h1-11,25H,12-15H2,(H,28,29). The summed E-state index contributed by atoms with van der Waals surface area (Å²) in [6, 6.07) is 19.4. The van der Waals surface area contributed by atoms with Crippen molar-refractivity contribution >= 4 is 12.0 Å². The molecule has 2 N–H and O–H groups in total. The van der Waals surface area contributed by atoms with Crippen molar-refractivity contribution in [3.05, 3.63) is 83.6 Å². The van der Waals surface area contributed by atoms with E-state index >= 15 is 0 Å². The number of carbonyl (C=O) groups is 2. The van der Waals surface area contributed by atoms with Crippen LogP contribution in [0.25, 0.3) is 11.1 Å². The molecule has 3 aromatic rings. The number of nitrogens with zero attached hydrogens (tertiary/aromatic N) is 2. The lowest BCUT2D eigenvalue weighted by atomic mass is 10.0. The van der Waals surface area contributed by atoms with Crippen molar-refractivity contribution in [2.45, 2.75) is 19.6 Å². The monoisotopic (exact) mass is 403 g/mol. The van der Waals surface area contributed by atoms with E-state index in [1.54, 1.807) is 11.1 Å². The van der Waals surface area contributed by atoms with E-state index in [0.717, 1.165) is 27.8 Å². The van der Waals surface area contributed by atoms with Gasteiger partial charge in [-0.2, -0.15) is 0 Å². The van der Waals surface area contributed by atoms with Crippen LogP contribution < -0.4 is 10.1 Å². The number of benzene rings is 2. The highest BCUT2D eigenvalue weighted by molar-refractivity contribution is 5.80. The van der Waals surface area contributed by atoms with Gasteiger partial charge in [0, 0.05) is 24.8 Å². The molecular weight excluding hydrogens is 382 g/mol. The molecule has 2 aromatic carbocycles. The van der Waals surface area contributed by atoms with Gasteiger partial charge in [-0.15, -0.1) is 0 Å². The number of fused-ring (bicyclic) bond motifs is 1. The Morgan fingerprint density at radius 2 is 1.90 bits per heavy atom. The van der Waals surface area contributed by atoms with Gasteiger partial charge in [0.2, 0.25) is 5.88 Å². The molecule has 1 aliphatic heterocycles. The second kappa shape index (κ2) is 8.65. The number of rotatable bonds is 5. The molecule has 2 heterocycles. The van der Waals surface area contributed by atoms with Gasteiger partial charge in [0.15, 0.2) is 6.61 Å². The van der Waals surface area contributed by atoms with E-state index in [2.05, 4.69) is 10.3 Å². The minimum absolute atomic E-state index is 0.0709. The maximum atomic E-state index is 12.7. The summed E-state index contributed by atoms with van der Waals surface area (Å²) in [5, 5.41) is 11.2. The van der Waals surface area contributed by atoms with Gasteiger partial charge in [0.05, 0.1) is 6.54 Å². The molecule has 0 spiro atoms. The first-order valence-electron chi connectivity index (χ1n) is 9.58. The molecule has 1 aliphatic rings. The predicted octanol–water partition coefficient (Wildman–Crippen LogP) is 3.44. The first-order valence-corrected chi connectivity index (χ1v) is 9.58. The summed E-state index contributed by atoms with van der Waals surface area (Å²) in [5.74, 6) is 0.354. The molecule has 0 bridgehead atoms. The van der Waals surface area contributed by atoms with E-state index in [-0.39, 0.29) is 19.1 Å². The second-order valence-corrected chi connectivity index (χ2v) is 7.03. The first-order chi connectivity index (χ1) is 14.6. The Hall–Kier alpha value is -3.87. The zero-order chi connectivity index (χ0) is 20.9. The van der Waals surface area contributed by atoms with Gasteiger partial charge in [-0.25, -0.2) is 9.78 Å². The van der Waals surface area contributed by atoms with Crippen LogP contribution in [0.5, 0.6) is 5.88 Å². The number of aromatic nitrogens is 1. The Morgan fingerprint density at radius 1 is 1.10 bits per heavy atom. The number of hydrogen-bond donors (Lipinski definition) is 2. The van der Waals surface area contributed by atoms with Crippen LogP contribution in [-0.2, 0) is 24.4 Å². The topological polar surface area (TPSA) is 91.8 Å². The summed E-state index contributed by atoms with van der Waals surface area (Å²) in [6.07, 6.45) is 0.623. The lowest BCUT2D eigenvalue weighted by Crippen LogP contribution is -2.32. The normalized spacial score (nSPS) is 13.2. The van der Waals surface area contributed by atoms with Gasteiger partial charge in [0.25, 0.3) is 5.91 Å². The second-order valence-electron chi connectivity index (χ2n) is 7.03. The minimum Gasteiger partial charge on any atom is -0.467 e. The molecule has 0 aliphatic carbocycles. The zero-order valence-electron chi connectivity index (χ0n) is 16.2. The third-order valence-electron chi connectivity index (χ3n) is 4.94. The Balaban J connectivity index is 1.60. The molecule has 0 radical (unpaired) electrons. The van der Waals surface area contributed by atoms with Crippen LogP contribution in [0, 0.1) is 0 Å². The van der Waals surface area contributed by atoms with Crippen LogP contribution in [0.4, 0.5) is 4.79 Å². The molecule has 2 amide bonds. The molecule has 152 valence electrons. The van der Waals surface area contributed by atoms with E-state index in [1.165, 1.54) is 0 Å². The third-order valence-corrected chi connectivity index (χ3v) is 4.94. The van der Waals surface area contributed by atoms with Crippen molar-refractivity contribution in [2.24, 2.45) is 0 Å². The third kappa shape index (κ3) is 4.41. The molecule has 0 atom stereocenters. The number of carbonyl (C=O) groups excluding carboxylic acids is 1. The quantitative estimate of drug-likeness (QED) is 0.681. The maximum Gasteiger partial charge on any atom is 0.404 e. The van der Waals surface area contributed by atoms with Crippen LogP contribution >= 0.6 is 0 Å². The van der Waals surface area contributed by atoms with Gasteiger partial charge in [-0.3, -0.25) is 4.79 Å². The van der Waals surface area contributed by atoms with Gasteiger partial charge in [0.1, 0.15) is 0 Å². The van der Waals surface area contributed by atoms with Crippen molar-refractivity contribution in [3.63, 3.8) is 0 Å². The molecule has 7 heteroatoms. The smallest absolute Gasteiger partial charge is 0.404 e. The average Bonchev–Trinajstić information content (AvgIpc) is 2.92. The fourth-order valence-electron chi connectivity index (χ4n) is 3.52. The van der Waals surface area contributed by atoms with Crippen LogP contribution in [0.2, 0.25) is 0 Å². The molecule has 7 nitrogen and oxygen atoms in total.